The van der Waals surface area contributed by atoms with E-state index in [0.29, 0.717) is 0 Å². The predicted molar refractivity (Wildman–Crippen MR) is 89.3 cm³/mol. The van der Waals surface area contributed by atoms with Gasteiger partial charge in [-0.05, 0) is 27.7 Å². The number of esters is 1. The first-order valence-electron chi connectivity index (χ1n) is 8.56. The fourth-order valence-corrected chi connectivity index (χ4v) is 2.58. The Morgan fingerprint density at radius 2 is 1.93 bits per heavy atom. The molecular formula is C16H29NO10. The van der Waals surface area contributed by atoms with Crippen LogP contribution in [0.5, 0.6) is 0 Å². The molecule has 0 spiro atoms. The molecule has 1 saturated heterocycles. The van der Waals surface area contributed by atoms with E-state index >= 15 is 0 Å². The van der Waals surface area contributed by atoms with Crippen molar-refractivity contribution in [3.8, 4) is 0 Å². The second-order valence-electron chi connectivity index (χ2n) is 7.27. The van der Waals surface area contributed by atoms with Gasteiger partial charge in [0.15, 0.2) is 0 Å². The summed E-state index contributed by atoms with van der Waals surface area (Å²) in [4.78, 5) is 24.0. The second kappa shape index (κ2) is 9.13. The fourth-order valence-electron chi connectivity index (χ4n) is 2.58. The van der Waals surface area contributed by atoms with E-state index in [0.717, 1.165) is 0 Å². The molecule has 1 fully saturated rings. The molecule has 0 aliphatic carbocycles. The van der Waals surface area contributed by atoms with Gasteiger partial charge in [-0.25, -0.2) is 9.59 Å². The van der Waals surface area contributed by atoms with Crippen LogP contribution in [0.2, 0.25) is 0 Å². The van der Waals surface area contributed by atoms with Crippen LogP contribution in [0.3, 0.4) is 0 Å². The van der Waals surface area contributed by atoms with Crippen LogP contribution in [0.15, 0.2) is 0 Å². The minimum absolute atomic E-state index is 0.0767. The Morgan fingerprint density at radius 1 is 1.33 bits per heavy atom. The van der Waals surface area contributed by atoms with E-state index in [1.54, 1.807) is 20.8 Å². The van der Waals surface area contributed by atoms with Gasteiger partial charge in [-0.2, -0.15) is 0 Å². The average molecular weight is 395 g/mol. The van der Waals surface area contributed by atoms with Gasteiger partial charge in [0.25, 0.3) is 5.79 Å². The molecule has 11 heteroatoms. The van der Waals surface area contributed by atoms with Crippen molar-refractivity contribution in [2.24, 2.45) is 0 Å². The molecule has 27 heavy (non-hydrogen) atoms. The fraction of sp³-hybridized carbons (Fsp3) is 0.875. The monoisotopic (exact) mass is 395 g/mol. The third-order valence-electron chi connectivity index (χ3n) is 3.78. The number of carbonyl (C=O) groups is 2. The van der Waals surface area contributed by atoms with E-state index < -0.39 is 66.9 Å². The summed E-state index contributed by atoms with van der Waals surface area (Å²) < 4.78 is 15.0. The topological polar surface area (TPSA) is 175 Å². The molecule has 1 rings (SSSR count). The Labute approximate surface area is 156 Å². The van der Waals surface area contributed by atoms with Crippen molar-refractivity contribution >= 4 is 12.1 Å². The Balaban J connectivity index is 3.09. The SMILES string of the molecule is CCOC(=O)C1(O)C[C@H](O)[C@@H](NC(=O)OC(C)(C)C)[C@H]([C@H](O)[C@H](O)CO)O1. The highest BCUT2D eigenvalue weighted by Crippen LogP contribution is 2.31. The highest BCUT2D eigenvalue weighted by Gasteiger charge is 2.54. The predicted octanol–water partition coefficient (Wildman–Crippen LogP) is -2.00. The van der Waals surface area contributed by atoms with Crippen molar-refractivity contribution in [2.45, 2.75) is 76.0 Å². The number of amides is 1. The van der Waals surface area contributed by atoms with Crippen LogP contribution in [-0.2, 0) is 19.0 Å². The molecule has 11 nitrogen and oxygen atoms in total. The summed E-state index contributed by atoms with van der Waals surface area (Å²) in [5.41, 5.74) is -0.852. The number of rotatable bonds is 6. The van der Waals surface area contributed by atoms with Crippen molar-refractivity contribution in [2.75, 3.05) is 13.2 Å². The zero-order chi connectivity index (χ0) is 21.0. The zero-order valence-electron chi connectivity index (χ0n) is 15.8. The Morgan fingerprint density at radius 3 is 2.41 bits per heavy atom. The second-order valence-corrected chi connectivity index (χ2v) is 7.27. The minimum Gasteiger partial charge on any atom is -0.462 e. The van der Waals surface area contributed by atoms with Gasteiger partial charge in [0.1, 0.15) is 23.9 Å². The van der Waals surface area contributed by atoms with E-state index in [-0.39, 0.29) is 6.61 Å². The number of hydrogen-bond acceptors (Lipinski definition) is 10. The van der Waals surface area contributed by atoms with Crippen molar-refractivity contribution in [3.05, 3.63) is 0 Å². The normalized spacial score (nSPS) is 30.9. The molecule has 1 unspecified atom stereocenters. The Hall–Kier alpha value is -1.50. The molecule has 0 radical (unpaired) electrons. The van der Waals surface area contributed by atoms with E-state index in [1.807, 2.05) is 0 Å². The molecule has 0 aromatic carbocycles. The quantitative estimate of drug-likeness (QED) is 0.276. The lowest BCUT2D eigenvalue weighted by Crippen LogP contribution is -2.67. The molecule has 0 bridgehead atoms. The minimum atomic E-state index is -2.61. The lowest BCUT2D eigenvalue weighted by Gasteiger charge is -2.45. The highest BCUT2D eigenvalue weighted by atomic mass is 16.7. The van der Waals surface area contributed by atoms with Crippen LogP contribution in [0.1, 0.15) is 34.1 Å². The van der Waals surface area contributed by atoms with Gasteiger partial charge >= 0.3 is 12.1 Å². The first kappa shape index (κ1) is 23.5. The van der Waals surface area contributed by atoms with Crippen LogP contribution in [0, 0.1) is 0 Å². The molecule has 0 aromatic rings. The Kier molecular flexibility index (Phi) is 7.96. The maximum absolute atomic E-state index is 12.0. The molecule has 6 N–H and O–H groups in total. The Bertz CT molecular complexity index is 522. The number of nitrogens with one attached hydrogen (secondary N) is 1. The number of ether oxygens (including phenoxy) is 3. The lowest BCUT2D eigenvalue weighted by atomic mass is 9.89. The van der Waals surface area contributed by atoms with E-state index in [1.165, 1.54) is 6.92 Å². The number of aliphatic hydroxyl groups is 5. The largest absolute Gasteiger partial charge is 0.462 e. The van der Waals surface area contributed by atoms with Gasteiger partial charge < -0.3 is 45.1 Å². The molecule has 1 aliphatic heterocycles. The van der Waals surface area contributed by atoms with Gasteiger partial charge in [0.2, 0.25) is 0 Å². The van der Waals surface area contributed by atoms with Gasteiger partial charge in [0, 0.05) is 6.42 Å². The average Bonchev–Trinajstić information content (AvgIpc) is 2.54. The number of hydrogen-bond donors (Lipinski definition) is 6. The maximum Gasteiger partial charge on any atom is 0.408 e. The van der Waals surface area contributed by atoms with Crippen molar-refractivity contribution in [1.82, 2.24) is 5.32 Å². The smallest absolute Gasteiger partial charge is 0.408 e. The standard InChI is InChI=1S/C16H29NO10/c1-5-25-13(22)16(24)6-8(19)10(17-14(23)27-15(2,3)4)12(26-16)11(21)9(20)7-18/h8-12,18-21,24H,5-7H2,1-4H3,(H,17,23)/t8-,9+,10+,11+,12+,16?/m0/s1. The van der Waals surface area contributed by atoms with Gasteiger partial charge in [-0.3, -0.25) is 0 Å². The summed E-state index contributed by atoms with van der Waals surface area (Å²) in [7, 11) is 0. The van der Waals surface area contributed by atoms with E-state index in [9.17, 15) is 30.0 Å². The lowest BCUT2D eigenvalue weighted by molar-refractivity contribution is -0.297. The first-order valence-corrected chi connectivity index (χ1v) is 8.56. The third-order valence-corrected chi connectivity index (χ3v) is 3.78. The molecule has 158 valence electrons. The van der Waals surface area contributed by atoms with Gasteiger partial charge in [-0.15, -0.1) is 0 Å². The first-order chi connectivity index (χ1) is 12.3. The van der Waals surface area contributed by atoms with Crippen LogP contribution in [-0.4, -0.2) is 92.7 Å². The highest BCUT2D eigenvalue weighted by molar-refractivity contribution is 5.78. The summed E-state index contributed by atoms with van der Waals surface area (Å²) in [5.74, 6) is -3.81. The molecule has 1 aliphatic rings. The van der Waals surface area contributed by atoms with Crippen LogP contribution < -0.4 is 5.32 Å². The van der Waals surface area contributed by atoms with Crippen molar-refractivity contribution in [1.29, 1.82) is 0 Å². The summed E-state index contributed by atoms with van der Waals surface area (Å²) in [6.07, 6.45) is -8.41. The number of aliphatic hydroxyl groups excluding tert-OH is 4. The van der Waals surface area contributed by atoms with E-state index in [2.05, 4.69) is 5.32 Å². The van der Waals surface area contributed by atoms with Crippen molar-refractivity contribution < 1.29 is 49.3 Å². The van der Waals surface area contributed by atoms with Crippen LogP contribution in [0.4, 0.5) is 4.79 Å². The van der Waals surface area contributed by atoms with Gasteiger partial charge in [0.05, 0.1) is 25.4 Å². The maximum atomic E-state index is 12.0. The number of carbonyl (C=O) groups excluding carboxylic acids is 2. The summed E-state index contributed by atoms with van der Waals surface area (Å²) >= 11 is 0. The summed E-state index contributed by atoms with van der Waals surface area (Å²) in [6, 6.07) is -1.36. The van der Waals surface area contributed by atoms with Gasteiger partial charge in [-0.1, -0.05) is 0 Å². The molecule has 6 atom stereocenters. The molecule has 0 aromatic heterocycles. The molecular weight excluding hydrogens is 366 g/mol. The summed E-state index contributed by atoms with van der Waals surface area (Å²) in [5, 5.41) is 52.0. The van der Waals surface area contributed by atoms with Crippen LogP contribution >= 0.6 is 0 Å². The van der Waals surface area contributed by atoms with Crippen LogP contribution in [0.25, 0.3) is 0 Å². The molecule has 1 heterocycles. The summed E-state index contributed by atoms with van der Waals surface area (Å²) in [6.45, 7) is 5.39. The molecule has 1 amide bonds. The third kappa shape index (κ3) is 6.26. The van der Waals surface area contributed by atoms with Crippen molar-refractivity contribution in [3.63, 3.8) is 0 Å². The number of alkyl carbamates (subject to hydrolysis) is 1. The molecule has 0 saturated carbocycles. The van der Waals surface area contributed by atoms with E-state index in [4.69, 9.17) is 19.3 Å². The zero-order valence-corrected chi connectivity index (χ0v) is 15.8.